The number of rotatable bonds is 30. The quantitative estimate of drug-likeness (QED) is 0.0183. The van der Waals surface area contributed by atoms with Gasteiger partial charge in [-0.3, -0.25) is 48.1 Å². The van der Waals surface area contributed by atoms with Crippen molar-refractivity contribution in [2.45, 2.75) is 152 Å². The topological polar surface area (TPSA) is 415 Å². The van der Waals surface area contributed by atoms with E-state index in [-0.39, 0.29) is 63.5 Å². The van der Waals surface area contributed by atoms with Crippen molar-refractivity contribution in [3.8, 4) is 0 Å². The van der Waals surface area contributed by atoms with Crippen LogP contribution in [0.2, 0.25) is 0 Å². The monoisotopic (exact) mass is 1000 g/mol. The van der Waals surface area contributed by atoms with Crippen LogP contribution in [0.4, 0.5) is 0 Å². The number of carbonyl (C=O) groups is 10. The summed E-state index contributed by atoms with van der Waals surface area (Å²) in [4.78, 5) is 136. The van der Waals surface area contributed by atoms with Crippen molar-refractivity contribution in [2.24, 2.45) is 22.4 Å². The molecule has 69 heavy (non-hydrogen) atoms. The Balaban J connectivity index is 2.21. The molecule has 0 aliphatic carbocycles. The summed E-state index contributed by atoms with van der Waals surface area (Å²) in [5.74, 6) is -9.31. The second-order valence-corrected chi connectivity index (χ2v) is 18.4. The number of carbonyl (C=O) groups excluding carboxylic acids is 8. The number of guanidine groups is 1. The van der Waals surface area contributed by atoms with Crippen LogP contribution < -0.4 is 54.0 Å². The van der Waals surface area contributed by atoms with Gasteiger partial charge in [0.15, 0.2) is 5.96 Å². The number of hydrogen-bond donors (Lipinski definition) is 14. The Bertz CT molecular complexity index is 1830. The van der Waals surface area contributed by atoms with Gasteiger partial charge in [-0.1, -0.05) is 13.8 Å². The molecular weight excluding hydrogens is 929 g/mol. The Kier molecular flexibility index (Phi) is 25.7. The maximum absolute atomic E-state index is 13.8. The van der Waals surface area contributed by atoms with Gasteiger partial charge in [0.25, 0.3) is 0 Å². The molecule has 0 bridgehead atoms. The minimum atomic E-state index is -1.73. The normalized spacial score (nSPS) is 19.0. The molecule has 16 N–H and O–H groups in total. The van der Waals surface area contributed by atoms with E-state index in [0.717, 1.165) is 0 Å². The van der Waals surface area contributed by atoms with Crippen molar-refractivity contribution >= 4 is 76.9 Å². The second kappa shape index (κ2) is 29.9. The largest absolute Gasteiger partial charge is 0.481 e. The van der Waals surface area contributed by atoms with Crippen LogP contribution in [-0.2, 0) is 47.9 Å². The van der Waals surface area contributed by atoms with Crippen LogP contribution >= 0.6 is 11.8 Å². The summed E-state index contributed by atoms with van der Waals surface area (Å²) in [5.41, 5.74) is 10.8. The van der Waals surface area contributed by atoms with Gasteiger partial charge in [0.2, 0.25) is 47.3 Å². The molecule has 26 nitrogen and oxygen atoms in total. The highest BCUT2D eigenvalue weighted by molar-refractivity contribution is 7.98. The van der Waals surface area contributed by atoms with Crippen LogP contribution in [0.15, 0.2) is 4.99 Å². The van der Waals surface area contributed by atoms with Gasteiger partial charge >= 0.3 is 11.9 Å². The van der Waals surface area contributed by atoms with Crippen molar-refractivity contribution in [1.82, 2.24) is 47.4 Å². The molecule has 0 aromatic rings. The minimum Gasteiger partial charge on any atom is -0.481 e. The number of likely N-dealkylation sites (tertiary alicyclic amines) is 1. The van der Waals surface area contributed by atoms with Crippen LogP contribution in [0, 0.1) is 5.92 Å². The molecule has 2 aliphatic heterocycles. The molecule has 2 aliphatic rings. The van der Waals surface area contributed by atoms with Crippen molar-refractivity contribution in [1.29, 1.82) is 0 Å². The van der Waals surface area contributed by atoms with Crippen LogP contribution in [0.3, 0.4) is 0 Å². The van der Waals surface area contributed by atoms with Crippen LogP contribution in [0.25, 0.3) is 0 Å². The molecule has 8 amide bonds. The predicted molar refractivity (Wildman–Crippen MR) is 251 cm³/mol. The number of nitrogens with zero attached hydrogens (tertiary/aromatic N) is 2. The standard InChI is InChI=1S/C42H72N12O14S/c1-21(2)19-28(40(66)54-17-8-11-30(54)41(67)68)51-38(64)29(20-55)52-36(62)27(14-18-69-5)48-33(59)22(3)47-39(65)32(23(4)56)53-37(63)25(10-7-16-46-42(43)44)49-35(61)26(12-13-31(57)58)50-34(60)24-9-6-15-45-24/h21-30,32,45,55-56H,6-20H2,1-5H3,(H,47,65)(H,48,59)(H,49,61)(H,50,60)(H,51,64)(H,52,62)(H,53,63)(H,57,58)(H,67,68)(H4,43,44,46)/t22-,23+,24-,25-,26-,27-,28-,29-,30-,32-/m0/s1. The molecule has 0 unspecified atom stereocenters. The zero-order chi connectivity index (χ0) is 52.0. The Morgan fingerprint density at radius 2 is 1.30 bits per heavy atom. The maximum atomic E-state index is 13.8. The number of aliphatic imine (C=N–C) groups is 1. The Hall–Kier alpha value is -5.80. The van der Waals surface area contributed by atoms with E-state index >= 15 is 0 Å². The molecule has 2 heterocycles. The third-order valence-electron chi connectivity index (χ3n) is 11.3. The van der Waals surface area contributed by atoms with Crippen molar-refractivity contribution in [3.63, 3.8) is 0 Å². The summed E-state index contributed by atoms with van der Waals surface area (Å²) in [6, 6.07) is -11.7. The number of aliphatic carboxylic acids is 2. The molecule has 2 saturated heterocycles. The van der Waals surface area contributed by atoms with E-state index in [1.54, 1.807) is 20.1 Å². The van der Waals surface area contributed by atoms with Crippen LogP contribution in [0.5, 0.6) is 0 Å². The lowest BCUT2D eigenvalue weighted by Gasteiger charge is -2.29. The third-order valence-corrected chi connectivity index (χ3v) is 11.9. The lowest BCUT2D eigenvalue weighted by atomic mass is 10.0. The molecule has 2 fully saturated rings. The molecule has 0 aromatic heterocycles. The fraction of sp³-hybridized carbons (Fsp3) is 0.738. The number of aliphatic hydroxyl groups is 2. The number of amides is 8. The van der Waals surface area contributed by atoms with E-state index in [1.807, 2.05) is 0 Å². The van der Waals surface area contributed by atoms with Gasteiger partial charge in [0.05, 0.1) is 18.8 Å². The number of nitrogens with one attached hydrogen (secondary N) is 8. The molecular formula is C42H72N12O14S. The number of thioether (sulfide) groups is 1. The number of nitrogens with two attached hydrogens (primary N) is 2. The first-order valence-electron chi connectivity index (χ1n) is 22.9. The van der Waals surface area contributed by atoms with Gasteiger partial charge in [0.1, 0.15) is 48.3 Å². The SMILES string of the molecule is CSCC[C@H](NC(=O)[C@H](C)NC(=O)[C@@H](NC(=O)[C@H](CCCN=C(N)N)NC(=O)[C@H](CCC(=O)O)NC(=O)[C@@H]1CCCN1)[C@@H](C)O)C(=O)N[C@@H](CO)C(=O)N[C@@H](CC(C)C)C(=O)N1CCC[C@H]1C(=O)O. The van der Waals surface area contributed by atoms with Gasteiger partial charge in [-0.2, -0.15) is 11.8 Å². The summed E-state index contributed by atoms with van der Waals surface area (Å²) < 4.78 is 0. The van der Waals surface area contributed by atoms with Crippen molar-refractivity contribution in [2.75, 3.05) is 38.2 Å². The highest BCUT2D eigenvalue weighted by Gasteiger charge is 2.39. The predicted octanol–water partition coefficient (Wildman–Crippen LogP) is -4.68. The zero-order valence-corrected chi connectivity index (χ0v) is 40.6. The summed E-state index contributed by atoms with van der Waals surface area (Å²) in [5, 5.41) is 59.9. The highest BCUT2D eigenvalue weighted by atomic mass is 32.2. The fourth-order valence-electron chi connectivity index (χ4n) is 7.51. The van der Waals surface area contributed by atoms with Gasteiger partial charge in [-0.05, 0) is 96.1 Å². The molecule has 0 saturated carbocycles. The number of carboxylic acid groups (broad SMARTS) is 2. The fourth-order valence-corrected chi connectivity index (χ4v) is 7.98. The van der Waals surface area contributed by atoms with E-state index < -0.39 is 133 Å². The summed E-state index contributed by atoms with van der Waals surface area (Å²) in [7, 11) is 0. The smallest absolute Gasteiger partial charge is 0.326 e. The lowest BCUT2D eigenvalue weighted by Crippen LogP contribution is -2.61. The Morgan fingerprint density at radius 3 is 1.86 bits per heavy atom. The summed E-state index contributed by atoms with van der Waals surface area (Å²) in [6.45, 7) is 5.86. The minimum absolute atomic E-state index is 0.0140. The number of aliphatic hydroxyl groups excluding tert-OH is 2. The molecule has 27 heteroatoms. The molecule has 0 spiro atoms. The molecule has 0 aromatic carbocycles. The van der Waals surface area contributed by atoms with E-state index in [2.05, 4.69) is 47.5 Å². The summed E-state index contributed by atoms with van der Waals surface area (Å²) in [6.07, 6.45) is 1.34. The summed E-state index contributed by atoms with van der Waals surface area (Å²) >= 11 is 1.32. The van der Waals surface area contributed by atoms with Crippen LogP contribution in [-0.4, -0.2) is 189 Å². The van der Waals surface area contributed by atoms with Gasteiger partial charge in [-0.25, -0.2) is 4.79 Å². The first kappa shape index (κ1) is 59.3. The molecule has 2 rings (SSSR count). The molecule has 390 valence electrons. The molecule has 10 atom stereocenters. The average molecular weight is 1000 g/mol. The second-order valence-electron chi connectivity index (χ2n) is 17.4. The Labute approximate surface area is 404 Å². The average Bonchev–Trinajstić information content (AvgIpc) is 4.01. The van der Waals surface area contributed by atoms with Crippen LogP contribution in [0.1, 0.15) is 91.9 Å². The first-order valence-corrected chi connectivity index (χ1v) is 24.3. The highest BCUT2D eigenvalue weighted by Crippen LogP contribution is 2.21. The van der Waals surface area contributed by atoms with E-state index in [9.17, 15) is 68.4 Å². The number of hydrogen-bond acceptors (Lipinski definition) is 15. The van der Waals surface area contributed by atoms with E-state index in [4.69, 9.17) is 11.5 Å². The maximum Gasteiger partial charge on any atom is 0.326 e. The first-order chi connectivity index (χ1) is 32.5. The molecule has 0 radical (unpaired) electrons. The number of carboxylic acids is 2. The zero-order valence-electron chi connectivity index (χ0n) is 39.8. The lowest BCUT2D eigenvalue weighted by molar-refractivity contribution is -0.149. The van der Waals surface area contributed by atoms with E-state index in [0.29, 0.717) is 31.6 Å². The van der Waals surface area contributed by atoms with Gasteiger partial charge in [-0.15, -0.1) is 0 Å². The van der Waals surface area contributed by atoms with Gasteiger partial charge in [0, 0.05) is 19.5 Å². The third kappa shape index (κ3) is 20.4. The Morgan fingerprint density at radius 1 is 0.725 bits per heavy atom. The van der Waals surface area contributed by atoms with Crippen molar-refractivity contribution < 1.29 is 68.4 Å². The van der Waals surface area contributed by atoms with Gasteiger partial charge < -0.3 is 79.3 Å². The van der Waals surface area contributed by atoms with Crippen molar-refractivity contribution in [3.05, 3.63) is 0 Å². The van der Waals surface area contributed by atoms with E-state index in [1.165, 1.54) is 30.5 Å².